The van der Waals surface area contributed by atoms with E-state index in [1.54, 1.807) is 6.26 Å². The summed E-state index contributed by atoms with van der Waals surface area (Å²) in [5.41, 5.74) is -0.838. The van der Waals surface area contributed by atoms with Crippen molar-refractivity contribution in [2.75, 3.05) is 0 Å². The molecular weight excluding hydrogens is 212 g/mol. The third-order valence-corrected chi connectivity index (χ3v) is 2.98. The molecule has 0 saturated heterocycles. The number of hydrogen-bond donors (Lipinski definition) is 1. The Balaban J connectivity index is 2.62. The van der Waals surface area contributed by atoms with Gasteiger partial charge in [-0.3, -0.25) is 0 Å². The maximum Gasteiger partial charge on any atom is 0.135 e. The zero-order valence-electron chi connectivity index (χ0n) is 10.4. The van der Waals surface area contributed by atoms with E-state index in [0.29, 0.717) is 18.6 Å². The summed E-state index contributed by atoms with van der Waals surface area (Å²) in [6.45, 7) is 7.40. The molecule has 1 N–H and O–H groups in total. The molecule has 0 unspecified atom stereocenters. The van der Waals surface area contributed by atoms with Crippen molar-refractivity contribution in [3.63, 3.8) is 0 Å². The quantitative estimate of drug-likeness (QED) is 0.513. The van der Waals surface area contributed by atoms with Gasteiger partial charge < -0.3 is 9.52 Å². The van der Waals surface area contributed by atoms with Gasteiger partial charge in [-0.05, 0) is 50.7 Å². The highest BCUT2D eigenvalue weighted by Crippen LogP contribution is 2.32. The van der Waals surface area contributed by atoms with Crippen LogP contribution in [0.4, 0.5) is 0 Å². The Labute approximate surface area is 104 Å². The van der Waals surface area contributed by atoms with Crippen LogP contribution in [-0.4, -0.2) is 5.11 Å². The number of rotatable bonds is 9. The van der Waals surface area contributed by atoms with Crippen LogP contribution >= 0.6 is 0 Å². The first kappa shape index (κ1) is 13.8. The van der Waals surface area contributed by atoms with E-state index in [1.165, 1.54) is 0 Å². The molecule has 2 heteroatoms. The number of unbranched alkanes of at least 4 members (excludes halogenated alkanes) is 2. The number of hydrogen-bond acceptors (Lipinski definition) is 2. The van der Waals surface area contributed by atoms with Gasteiger partial charge in [-0.1, -0.05) is 12.2 Å². The third-order valence-electron chi connectivity index (χ3n) is 2.98. The summed E-state index contributed by atoms with van der Waals surface area (Å²) in [6, 6.07) is 3.67. The van der Waals surface area contributed by atoms with Crippen molar-refractivity contribution >= 4 is 0 Å². The Hall–Kier alpha value is -1.28. The SMILES string of the molecule is C=CCCCC(O)(CCCC=C)c1ccco1. The lowest BCUT2D eigenvalue weighted by Gasteiger charge is -2.25. The number of furan rings is 1. The largest absolute Gasteiger partial charge is 0.466 e. The van der Waals surface area contributed by atoms with Crippen LogP contribution < -0.4 is 0 Å². The molecule has 1 heterocycles. The predicted octanol–water partition coefficient (Wildman–Crippen LogP) is 4.18. The van der Waals surface area contributed by atoms with E-state index in [0.717, 1.165) is 25.7 Å². The molecule has 2 nitrogen and oxygen atoms in total. The van der Waals surface area contributed by atoms with Crippen LogP contribution in [0.1, 0.15) is 44.3 Å². The first-order valence-electron chi connectivity index (χ1n) is 6.21. The van der Waals surface area contributed by atoms with E-state index in [1.807, 2.05) is 24.3 Å². The van der Waals surface area contributed by atoms with Crippen LogP contribution in [0.3, 0.4) is 0 Å². The molecule has 94 valence electrons. The van der Waals surface area contributed by atoms with Crippen LogP contribution in [0.5, 0.6) is 0 Å². The van der Waals surface area contributed by atoms with Crippen molar-refractivity contribution < 1.29 is 9.52 Å². The van der Waals surface area contributed by atoms with Gasteiger partial charge in [0.2, 0.25) is 0 Å². The van der Waals surface area contributed by atoms with Crippen LogP contribution in [0.25, 0.3) is 0 Å². The lowest BCUT2D eigenvalue weighted by atomic mass is 9.88. The lowest BCUT2D eigenvalue weighted by molar-refractivity contribution is -0.00543. The molecule has 0 aromatic carbocycles. The monoisotopic (exact) mass is 234 g/mol. The maximum absolute atomic E-state index is 10.7. The fourth-order valence-corrected chi connectivity index (χ4v) is 1.99. The molecule has 0 saturated carbocycles. The minimum Gasteiger partial charge on any atom is -0.466 e. The fraction of sp³-hybridized carbons (Fsp3) is 0.467. The van der Waals surface area contributed by atoms with Gasteiger partial charge in [0, 0.05) is 0 Å². The molecule has 0 radical (unpaired) electrons. The smallest absolute Gasteiger partial charge is 0.135 e. The Bertz CT molecular complexity index is 311. The average Bonchev–Trinajstić information content (AvgIpc) is 2.84. The highest BCUT2D eigenvalue weighted by atomic mass is 16.4. The standard InChI is InChI=1S/C15H22O2/c1-3-5-7-11-15(16,12-8-6-4-2)14-10-9-13-17-14/h3-4,9-10,13,16H,1-2,5-8,11-12H2. The Morgan fingerprint density at radius 3 is 2.18 bits per heavy atom. The third kappa shape index (κ3) is 4.23. The summed E-state index contributed by atoms with van der Waals surface area (Å²) in [4.78, 5) is 0. The molecule has 0 amide bonds. The minimum absolute atomic E-state index is 0.672. The maximum atomic E-state index is 10.7. The number of aliphatic hydroxyl groups is 1. The van der Waals surface area contributed by atoms with E-state index < -0.39 is 5.60 Å². The van der Waals surface area contributed by atoms with Crippen molar-refractivity contribution in [2.45, 2.75) is 44.1 Å². The summed E-state index contributed by atoms with van der Waals surface area (Å²) in [5, 5.41) is 10.7. The molecule has 1 aromatic rings. The Morgan fingerprint density at radius 2 is 1.76 bits per heavy atom. The topological polar surface area (TPSA) is 33.4 Å². The summed E-state index contributed by atoms with van der Waals surface area (Å²) in [6.07, 6.45) is 10.5. The van der Waals surface area contributed by atoms with Crippen molar-refractivity contribution in [3.8, 4) is 0 Å². The van der Waals surface area contributed by atoms with Crippen LogP contribution in [-0.2, 0) is 5.60 Å². The molecule has 0 aliphatic heterocycles. The summed E-state index contributed by atoms with van der Waals surface area (Å²) in [7, 11) is 0. The second-order valence-corrected chi connectivity index (χ2v) is 4.37. The van der Waals surface area contributed by atoms with E-state index in [4.69, 9.17) is 4.42 Å². The summed E-state index contributed by atoms with van der Waals surface area (Å²) >= 11 is 0. The van der Waals surface area contributed by atoms with Gasteiger partial charge in [-0.15, -0.1) is 13.2 Å². The molecule has 0 fully saturated rings. The summed E-state index contributed by atoms with van der Waals surface area (Å²) in [5.74, 6) is 0.672. The fourth-order valence-electron chi connectivity index (χ4n) is 1.99. The highest BCUT2D eigenvalue weighted by Gasteiger charge is 2.30. The second kappa shape index (κ2) is 7.13. The van der Waals surface area contributed by atoms with Gasteiger partial charge >= 0.3 is 0 Å². The molecule has 1 rings (SSSR count). The molecule has 0 bridgehead atoms. The zero-order chi connectivity index (χ0) is 12.6. The summed E-state index contributed by atoms with van der Waals surface area (Å²) < 4.78 is 5.36. The van der Waals surface area contributed by atoms with Crippen molar-refractivity contribution in [3.05, 3.63) is 49.5 Å². The number of allylic oxidation sites excluding steroid dienone is 2. The van der Waals surface area contributed by atoms with E-state index in [2.05, 4.69) is 13.2 Å². The molecule has 0 aliphatic carbocycles. The van der Waals surface area contributed by atoms with Crippen molar-refractivity contribution in [1.82, 2.24) is 0 Å². The van der Waals surface area contributed by atoms with Crippen molar-refractivity contribution in [1.29, 1.82) is 0 Å². The van der Waals surface area contributed by atoms with E-state index >= 15 is 0 Å². The molecule has 0 atom stereocenters. The molecule has 0 spiro atoms. The average molecular weight is 234 g/mol. The normalized spacial score (nSPS) is 11.4. The first-order valence-corrected chi connectivity index (χ1v) is 6.21. The zero-order valence-corrected chi connectivity index (χ0v) is 10.4. The van der Waals surface area contributed by atoms with Gasteiger partial charge in [0.15, 0.2) is 0 Å². The van der Waals surface area contributed by atoms with Gasteiger partial charge in [0.1, 0.15) is 11.4 Å². The van der Waals surface area contributed by atoms with Gasteiger partial charge in [-0.2, -0.15) is 0 Å². The first-order chi connectivity index (χ1) is 8.23. The predicted molar refractivity (Wildman–Crippen MR) is 70.7 cm³/mol. The van der Waals surface area contributed by atoms with Gasteiger partial charge in [0.05, 0.1) is 6.26 Å². The highest BCUT2D eigenvalue weighted by molar-refractivity contribution is 5.09. The van der Waals surface area contributed by atoms with Crippen molar-refractivity contribution in [2.24, 2.45) is 0 Å². The molecule has 17 heavy (non-hydrogen) atoms. The Kier molecular flexibility index (Phi) is 5.78. The molecule has 0 aliphatic rings. The van der Waals surface area contributed by atoms with Gasteiger partial charge in [-0.25, -0.2) is 0 Å². The van der Waals surface area contributed by atoms with Crippen LogP contribution in [0, 0.1) is 0 Å². The molecular formula is C15H22O2. The van der Waals surface area contributed by atoms with Crippen LogP contribution in [0.15, 0.2) is 48.1 Å². The van der Waals surface area contributed by atoms with E-state index in [9.17, 15) is 5.11 Å². The molecule has 1 aromatic heterocycles. The van der Waals surface area contributed by atoms with E-state index in [-0.39, 0.29) is 0 Å². The lowest BCUT2D eigenvalue weighted by Crippen LogP contribution is -2.25. The van der Waals surface area contributed by atoms with Gasteiger partial charge in [0.25, 0.3) is 0 Å². The minimum atomic E-state index is -0.838. The Morgan fingerprint density at radius 1 is 1.18 bits per heavy atom. The second-order valence-electron chi connectivity index (χ2n) is 4.37. The van der Waals surface area contributed by atoms with Crippen LogP contribution in [0.2, 0.25) is 0 Å².